The summed E-state index contributed by atoms with van der Waals surface area (Å²) in [6, 6.07) is -0.0116. The first-order valence-corrected chi connectivity index (χ1v) is 8.70. The molecule has 0 aliphatic heterocycles. The molecule has 1 aromatic rings. The predicted octanol–water partition coefficient (Wildman–Crippen LogP) is 3.39. The SMILES string of the molecule is CCCCN(C(C)CC)S(=O)(=O)c1cnc(Cl)s1. The average molecular weight is 311 g/mol. The van der Waals surface area contributed by atoms with Crippen molar-refractivity contribution in [2.24, 2.45) is 0 Å². The molecule has 0 saturated heterocycles. The van der Waals surface area contributed by atoms with Crippen molar-refractivity contribution < 1.29 is 8.42 Å². The van der Waals surface area contributed by atoms with E-state index in [0.717, 1.165) is 30.6 Å². The Hall–Kier alpha value is -0.170. The minimum Gasteiger partial charge on any atom is -0.232 e. The van der Waals surface area contributed by atoms with Gasteiger partial charge in [0.05, 0.1) is 6.20 Å². The Labute approximate surface area is 118 Å². The van der Waals surface area contributed by atoms with Crippen LogP contribution in [-0.4, -0.2) is 30.3 Å². The zero-order valence-corrected chi connectivity index (χ0v) is 13.3. The van der Waals surface area contributed by atoms with Crippen molar-refractivity contribution in [3.63, 3.8) is 0 Å². The Balaban J connectivity index is 3.03. The summed E-state index contributed by atoms with van der Waals surface area (Å²) in [6.45, 7) is 6.50. The first-order valence-electron chi connectivity index (χ1n) is 6.06. The van der Waals surface area contributed by atoms with Gasteiger partial charge in [-0.15, -0.1) is 0 Å². The first-order chi connectivity index (χ1) is 8.43. The van der Waals surface area contributed by atoms with Gasteiger partial charge in [-0.3, -0.25) is 0 Å². The molecule has 0 bridgehead atoms. The van der Waals surface area contributed by atoms with E-state index >= 15 is 0 Å². The number of hydrogen-bond acceptors (Lipinski definition) is 4. The first kappa shape index (κ1) is 15.9. The third kappa shape index (κ3) is 3.66. The zero-order chi connectivity index (χ0) is 13.8. The highest BCUT2D eigenvalue weighted by Crippen LogP contribution is 2.27. The number of halogens is 1. The Morgan fingerprint density at radius 3 is 2.61 bits per heavy atom. The van der Waals surface area contributed by atoms with Crippen molar-refractivity contribution in [2.45, 2.75) is 50.3 Å². The molecule has 0 aromatic carbocycles. The van der Waals surface area contributed by atoms with Gasteiger partial charge in [-0.25, -0.2) is 13.4 Å². The second-order valence-electron chi connectivity index (χ2n) is 4.16. The Morgan fingerprint density at radius 1 is 1.50 bits per heavy atom. The maximum Gasteiger partial charge on any atom is 0.254 e. The quantitative estimate of drug-likeness (QED) is 0.775. The third-order valence-corrected chi connectivity index (χ3v) is 6.40. The summed E-state index contributed by atoms with van der Waals surface area (Å²) in [5, 5.41) is 0. The van der Waals surface area contributed by atoms with Crippen LogP contribution in [0.2, 0.25) is 4.47 Å². The molecule has 104 valence electrons. The van der Waals surface area contributed by atoms with Crippen LogP contribution in [-0.2, 0) is 10.0 Å². The van der Waals surface area contributed by atoms with Crippen molar-refractivity contribution >= 4 is 33.0 Å². The number of thiazole rings is 1. The van der Waals surface area contributed by atoms with Gasteiger partial charge < -0.3 is 0 Å². The predicted molar refractivity (Wildman–Crippen MR) is 75.7 cm³/mol. The maximum absolute atomic E-state index is 12.5. The molecular weight excluding hydrogens is 292 g/mol. The fraction of sp³-hybridized carbons (Fsp3) is 0.727. The van der Waals surface area contributed by atoms with Gasteiger partial charge in [0.25, 0.3) is 10.0 Å². The second-order valence-corrected chi connectivity index (χ2v) is 7.89. The average Bonchev–Trinajstić information content (AvgIpc) is 2.76. The van der Waals surface area contributed by atoms with Gasteiger partial charge in [0, 0.05) is 12.6 Å². The zero-order valence-electron chi connectivity index (χ0n) is 10.9. The van der Waals surface area contributed by atoms with E-state index in [9.17, 15) is 8.42 Å². The van der Waals surface area contributed by atoms with E-state index in [4.69, 9.17) is 11.6 Å². The number of rotatable bonds is 7. The number of aromatic nitrogens is 1. The van der Waals surface area contributed by atoms with E-state index in [0.29, 0.717) is 6.54 Å². The smallest absolute Gasteiger partial charge is 0.232 e. The van der Waals surface area contributed by atoms with E-state index in [1.54, 1.807) is 4.31 Å². The van der Waals surface area contributed by atoms with Crippen LogP contribution in [0.3, 0.4) is 0 Å². The van der Waals surface area contributed by atoms with Gasteiger partial charge in [0.15, 0.2) is 8.68 Å². The highest BCUT2D eigenvalue weighted by molar-refractivity contribution is 7.91. The van der Waals surface area contributed by atoms with Crippen LogP contribution < -0.4 is 0 Å². The molecule has 1 atom stereocenters. The normalized spacial score (nSPS) is 14.1. The summed E-state index contributed by atoms with van der Waals surface area (Å²) in [5.74, 6) is 0. The van der Waals surface area contributed by atoms with Gasteiger partial charge >= 0.3 is 0 Å². The van der Waals surface area contributed by atoms with Crippen molar-refractivity contribution in [3.05, 3.63) is 10.7 Å². The Kier molecular flexibility index (Phi) is 6.04. The molecule has 0 amide bonds. The van der Waals surface area contributed by atoms with Crippen molar-refractivity contribution in [2.75, 3.05) is 6.54 Å². The molecule has 0 N–H and O–H groups in total. The molecule has 7 heteroatoms. The molecule has 1 rings (SSSR count). The van der Waals surface area contributed by atoms with Crippen molar-refractivity contribution in [3.8, 4) is 0 Å². The van der Waals surface area contributed by atoms with Crippen molar-refractivity contribution in [1.82, 2.24) is 9.29 Å². The topological polar surface area (TPSA) is 50.3 Å². The van der Waals surface area contributed by atoms with E-state index in [1.807, 2.05) is 20.8 Å². The molecule has 0 saturated carbocycles. The van der Waals surface area contributed by atoms with Crippen molar-refractivity contribution in [1.29, 1.82) is 0 Å². The van der Waals surface area contributed by atoms with E-state index < -0.39 is 10.0 Å². The maximum atomic E-state index is 12.5. The van der Waals surface area contributed by atoms with Gasteiger partial charge in [0.1, 0.15) is 0 Å². The summed E-state index contributed by atoms with van der Waals surface area (Å²) in [6.07, 6.45) is 3.95. The van der Waals surface area contributed by atoms with E-state index in [-0.39, 0.29) is 14.7 Å². The van der Waals surface area contributed by atoms with Crippen LogP contribution in [0.25, 0.3) is 0 Å². The summed E-state index contributed by atoms with van der Waals surface area (Å²) in [7, 11) is -3.46. The molecule has 1 aromatic heterocycles. The van der Waals surface area contributed by atoms with E-state index in [2.05, 4.69) is 4.98 Å². The standard InChI is InChI=1S/C11H19ClN2O2S2/c1-4-6-7-14(9(3)5-2)18(15,16)10-8-13-11(12)17-10/h8-9H,4-7H2,1-3H3. The molecule has 0 fully saturated rings. The molecule has 1 heterocycles. The number of unbranched alkanes of at least 4 members (excludes halogenated alkanes) is 1. The highest BCUT2D eigenvalue weighted by Gasteiger charge is 2.29. The molecule has 0 spiro atoms. The van der Waals surface area contributed by atoms with Crippen LogP contribution in [0, 0.1) is 0 Å². The van der Waals surface area contributed by atoms with Gasteiger partial charge in [-0.1, -0.05) is 43.2 Å². The van der Waals surface area contributed by atoms with Crippen LogP contribution in [0.5, 0.6) is 0 Å². The molecule has 0 aliphatic carbocycles. The molecular formula is C11H19ClN2O2S2. The number of hydrogen-bond donors (Lipinski definition) is 0. The lowest BCUT2D eigenvalue weighted by atomic mass is 10.2. The number of sulfonamides is 1. The second kappa shape index (κ2) is 6.84. The van der Waals surface area contributed by atoms with E-state index in [1.165, 1.54) is 6.20 Å². The lowest BCUT2D eigenvalue weighted by Crippen LogP contribution is -2.38. The molecule has 4 nitrogen and oxygen atoms in total. The molecule has 1 unspecified atom stereocenters. The largest absolute Gasteiger partial charge is 0.254 e. The lowest BCUT2D eigenvalue weighted by molar-refractivity contribution is 0.325. The Bertz CT molecular complexity index is 473. The minimum absolute atomic E-state index is 0.0116. The summed E-state index contributed by atoms with van der Waals surface area (Å²) < 4.78 is 27.0. The van der Waals surface area contributed by atoms with Crippen LogP contribution in [0.1, 0.15) is 40.0 Å². The van der Waals surface area contributed by atoms with Gasteiger partial charge in [-0.2, -0.15) is 4.31 Å². The highest BCUT2D eigenvalue weighted by atomic mass is 35.5. The number of nitrogens with zero attached hydrogens (tertiary/aromatic N) is 2. The summed E-state index contributed by atoms with van der Waals surface area (Å²) in [5.41, 5.74) is 0. The van der Waals surface area contributed by atoms with Crippen LogP contribution in [0.4, 0.5) is 0 Å². The third-order valence-electron chi connectivity index (χ3n) is 2.83. The lowest BCUT2D eigenvalue weighted by Gasteiger charge is -2.26. The summed E-state index contributed by atoms with van der Waals surface area (Å²) in [4.78, 5) is 3.81. The van der Waals surface area contributed by atoms with Crippen LogP contribution >= 0.6 is 22.9 Å². The Morgan fingerprint density at radius 2 is 2.17 bits per heavy atom. The monoisotopic (exact) mass is 310 g/mol. The molecule has 0 aliphatic rings. The fourth-order valence-electron chi connectivity index (χ4n) is 1.57. The van der Waals surface area contributed by atoms with Gasteiger partial charge in [-0.05, 0) is 19.8 Å². The molecule has 18 heavy (non-hydrogen) atoms. The van der Waals surface area contributed by atoms with Crippen LogP contribution in [0.15, 0.2) is 10.4 Å². The molecule has 0 radical (unpaired) electrons. The summed E-state index contributed by atoms with van der Waals surface area (Å²) >= 11 is 6.72. The van der Waals surface area contributed by atoms with Gasteiger partial charge in [0.2, 0.25) is 0 Å². The fourth-order valence-corrected chi connectivity index (χ4v) is 4.74. The minimum atomic E-state index is -3.46.